The van der Waals surface area contributed by atoms with E-state index >= 15 is 0 Å². The Bertz CT molecular complexity index is 545. The highest BCUT2D eigenvalue weighted by Crippen LogP contribution is 2.30. The number of ether oxygens (including phenoxy) is 1. The lowest BCUT2D eigenvalue weighted by Gasteiger charge is -2.22. The van der Waals surface area contributed by atoms with Crippen LogP contribution in [0, 0.1) is 5.92 Å². The molecule has 0 spiro atoms. The number of rotatable bonds is 4. The van der Waals surface area contributed by atoms with E-state index in [2.05, 4.69) is 0 Å². The molecule has 1 aliphatic heterocycles. The van der Waals surface area contributed by atoms with Crippen LogP contribution >= 0.6 is 0 Å². The second-order valence-corrected chi connectivity index (χ2v) is 5.33. The Morgan fingerprint density at radius 3 is 2.59 bits per heavy atom. The molecule has 1 saturated heterocycles. The van der Waals surface area contributed by atoms with Crippen molar-refractivity contribution in [2.75, 3.05) is 6.61 Å². The predicted octanol–water partition coefficient (Wildman–Crippen LogP) is 3.17. The molecule has 1 aliphatic rings. The molecule has 0 N–H and O–H groups in total. The van der Waals surface area contributed by atoms with Gasteiger partial charge in [0, 0.05) is 6.42 Å². The van der Waals surface area contributed by atoms with Crippen LogP contribution in [0.4, 0.5) is 18.0 Å². The van der Waals surface area contributed by atoms with Crippen LogP contribution in [0.5, 0.6) is 0 Å². The van der Waals surface area contributed by atoms with Gasteiger partial charge in [0.05, 0.1) is 12.0 Å². The fourth-order valence-corrected chi connectivity index (χ4v) is 2.28. The maximum absolute atomic E-state index is 12.6. The number of carbonyl (C=O) groups is 2. The van der Waals surface area contributed by atoms with E-state index in [-0.39, 0.29) is 6.61 Å². The van der Waals surface area contributed by atoms with E-state index in [4.69, 9.17) is 4.74 Å². The third-order valence-corrected chi connectivity index (χ3v) is 3.58. The standard InChI is InChI=1S/C15H16F3NO3/c1-10(15(16,17)18)7-13(20)19-12(9-22-14(19)21)8-11-5-3-2-4-6-11/h2-6,10,12H,7-9H2,1H3/t10-,12+/m1/s1. The summed E-state index contributed by atoms with van der Waals surface area (Å²) < 4.78 is 42.5. The molecule has 0 unspecified atom stereocenters. The van der Waals surface area contributed by atoms with Crippen molar-refractivity contribution in [3.8, 4) is 0 Å². The summed E-state index contributed by atoms with van der Waals surface area (Å²) in [6, 6.07) is 8.53. The van der Waals surface area contributed by atoms with Gasteiger partial charge < -0.3 is 4.74 Å². The summed E-state index contributed by atoms with van der Waals surface area (Å²) in [5.74, 6) is -2.65. The Hall–Kier alpha value is -2.05. The molecule has 7 heteroatoms. The van der Waals surface area contributed by atoms with E-state index in [9.17, 15) is 22.8 Å². The molecule has 2 rings (SSSR count). The molecule has 0 aliphatic carbocycles. The van der Waals surface area contributed by atoms with Gasteiger partial charge in [-0.15, -0.1) is 0 Å². The van der Waals surface area contributed by atoms with E-state index in [1.54, 1.807) is 0 Å². The minimum absolute atomic E-state index is 0.000133. The molecule has 0 bridgehead atoms. The third kappa shape index (κ3) is 3.78. The normalized spacial score (nSPS) is 19.9. The number of nitrogens with zero attached hydrogens (tertiary/aromatic N) is 1. The first kappa shape index (κ1) is 16.3. The maximum atomic E-state index is 12.6. The second kappa shape index (κ2) is 6.37. The minimum atomic E-state index is -4.46. The van der Waals surface area contributed by atoms with Crippen molar-refractivity contribution in [2.45, 2.75) is 32.0 Å². The molecule has 4 nitrogen and oxygen atoms in total. The number of imide groups is 1. The quantitative estimate of drug-likeness (QED) is 0.857. The smallest absolute Gasteiger partial charge is 0.416 e. The first-order chi connectivity index (χ1) is 10.3. The minimum Gasteiger partial charge on any atom is -0.447 e. The number of halogens is 3. The van der Waals surface area contributed by atoms with Gasteiger partial charge >= 0.3 is 12.3 Å². The Morgan fingerprint density at radius 2 is 2.00 bits per heavy atom. The molecule has 2 atom stereocenters. The summed E-state index contributed by atoms with van der Waals surface area (Å²) in [5, 5.41) is 0. The number of cyclic esters (lactones) is 1. The number of alkyl halides is 3. The molecule has 1 fully saturated rings. The van der Waals surface area contributed by atoms with Crippen molar-refractivity contribution in [1.82, 2.24) is 4.90 Å². The highest BCUT2D eigenvalue weighted by atomic mass is 19.4. The predicted molar refractivity (Wildman–Crippen MR) is 72.0 cm³/mol. The largest absolute Gasteiger partial charge is 0.447 e. The molecule has 1 aromatic carbocycles. The van der Waals surface area contributed by atoms with Gasteiger partial charge in [-0.1, -0.05) is 37.3 Å². The first-order valence-corrected chi connectivity index (χ1v) is 6.88. The number of carbonyl (C=O) groups excluding carboxylic acids is 2. The number of hydrogen-bond acceptors (Lipinski definition) is 3. The Morgan fingerprint density at radius 1 is 1.36 bits per heavy atom. The summed E-state index contributed by atoms with van der Waals surface area (Å²) in [6.07, 6.45) is -5.74. The Kier molecular flexibility index (Phi) is 4.73. The Labute approximate surface area is 125 Å². The van der Waals surface area contributed by atoms with Crippen LogP contribution in [-0.2, 0) is 16.0 Å². The summed E-state index contributed by atoms with van der Waals surface area (Å²) in [4.78, 5) is 24.5. The van der Waals surface area contributed by atoms with Gasteiger partial charge in [0.15, 0.2) is 0 Å². The van der Waals surface area contributed by atoms with Crippen LogP contribution in [0.1, 0.15) is 18.9 Å². The van der Waals surface area contributed by atoms with Crippen molar-refractivity contribution < 1.29 is 27.5 Å². The lowest BCUT2D eigenvalue weighted by molar-refractivity contribution is -0.176. The lowest BCUT2D eigenvalue weighted by atomic mass is 10.0. The van der Waals surface area contributed by atoms with Crippen LogP contribution in [0.3, 0.4) is 0 Å². The fourth-order valence-electron chi connectivity index (χ4n) is 2.28. The fraction of sp³-hybridized carbons (Fsp3) is 0.467. The molecule has 1 aromatic rings. The molecular formula is C15H16F3NO3. The van der Waals surface area contributed by atoms with Crippen LogP contribution in [0.2, 0.25) is 0 Å². The number of benzene rings is 1. The zero-order valence-electron chi connectivity index (χ0n) is 12.0. The monoisotopic (exact) mass is 315 g/mol. The zero-order chi connectivity index (χ0) is 16.3. The number of hydrogen-bond donors (Lipinski definition) is 0. The first-order valence-electron chi connectivity index (χ1n) is 6.88. The number of amides is 2. The molecule has 22 heavy (non-hydrogen) atoms. The van der Waals surface area contributed by atoms with Gasteiger partial charge in [-0.3, -0.25) is 4.79 Å². The lowest BCUT2D eigenvalue weighted by Crippen LogP contribution is -2.41. The SMILES string of the molecule is C[C@H](CC(=O)N1C(=O)OC[C@@H]1Cc1ccccc1)C(F)(F)F. The van der Waals surface area contributed by atoms with Gasteiger partial charge in [-0.2, -0.15) is 13.2 Å². The van der Waals surface area contributed by atoms with Crippen molar-refractivity contribution in [1.29, 1.82) is 0 Å². The van der Waals surface area contributed by atoms with Crippen LogP contribution < -0.4 is 0 Å². The molecule has 0 radical (unpaired) electrons. The van der Waals surface area contributed by atoms with E-state index in [1.165, 1.54) is 0 Å². The summed E-state index contributed by atoms with van der Waals surface area (Å²) in [6.45, 7) is 0.922. The van der Waals surface area contributed by atoms with Crippen LogP contribution in [0.25, 0.3) is 0 Å². The second-order valence-electron chi connectivity index (χ2n) is 5.33. The molecule has 2 amide bonds. The maximum Gasteiger partial charge on any atom is 0.416 e. The van der Waals surface area contributed by atoms with Gasteiger partial charge in [0.1, 0.15) is 6.61 Å². The summed E-state index contributed by atoms with van der Waals surface area (Å²) in [5.41, 5.74) is 0.882. The topological polar surface area (TPSA) is 46.6 Å². The average Bonchev–Trinajstić information content (AvgIpc) is 2.79. The van der Waals surface area contributed by atoms with Crippen LogP contribution in [0.15, 0.2) is 30.3 Å². The van der Waals surface area contributed by atoms with Crippen molar-refractivity contribution >= 4 is 12.0 Å². The summed E-state index contributed by atoms with van der Waals surface area (Å²) >= 11 is 0. The van der Waals surface area contributed by atoms with Gasteiger partial charge in [0.25, 0.3) is 0 Å². The van der Waals surface area contributed by atoms with Gasteiger partial charge in [-0.25, -0.2) is 9.69 Å². The zero-order valence-corrected chi connectivity index (χ0v) is 12.0. The van der Waals surface area contributed by atoms with E-state index in [1.807, 2.05) is 30.3 Å². The van der Waals surface area contributed by atoms with Crippen LogP contribution in [-0.4, -0.2) is 35.7 Å². The Balaban J connectivity index is 2.06. The van der Waals surface area contributed by atoms with Crippen molar-refractivity contribution in [2.24, 2.45) is 5.92 Å². The highest BCUT2D eigenvalue weighted by molar-refractivity contribution is 5.93. The van der Waals surface area contributed by atoms with E-state index in [0.717, 1.165) is 17.4 Å². The van der Waals surface area contributed by atoms with Crippen molar-refractivity contribution in [3.05, 3.63) is 35.9 Å². The molecule has 1 heterocycles. The van der Waals surface area contributed by atoms with Gasteiger partial charge in [0.2, 0.25) is 5.91 Å². The van der Waals surface area contributed by atoms with Crippen molar-refractivity contribution in [3.63, 3.8) is 0 Å². The molecule has 120 valence electrons. The van der Waals surface area contributed by atoms with Gasteiger partial charge in [-0.05, 0) is 12.0 Å². The average molecular weight is 315 g/mol. The van der Waals surface area contributed by atoms with E-state index in [0.29, 0.717) is 6.42 Å². The van der Waals surface area contributed by atoms with E-state index < -0.39 is 36.6 Å². The third-order valence-electron chi connectivity index (χ3n) is 3.58. The molecule has 0 aromatic heterocycles. The molecule has 0 saturated carbocycles. The molecular weight excluding hydrogens is 299 g/mol. The highest BCUT2D eigenvalue weighted by Gasteiger charge is 2.42. The summed E-state index contributed by atoms with van der Waals surface area (Å²) in [7, 11) is 0.